The predicted octanol–water partition coefficient (Wildman–Crippen LogP) is 3.33. The second-order valence-corrected chi connectivity index (χ2v) is 5.00. The average Bonchev–Trinajstić information content (AvgIpc) is 2.29. The molecule has 0 aliphatic rings. The minimum atomic E-state index is -0.494. The van der Waals surface area contributed by atoms with E-state index in [2.05, 4.69) is 13.8 Å². The molecule has 98 valence electrons. The Balaban J connectivity index is 2.57. The summed E-state index contributed by atoms with van der Waals surface area (Å²) in [6.45, 7) is 7.74. The van der Waals surface area contributed by atoms with Crippen LogP contribution in [0.25, 0.3) is 0 Å². The van der Waals surface area contributed by atoms with E-state index in [-0.39, 0.29) is 18.1 Å². The Morgan fingerprint density at radius 1 is 1.06 bits per heavy atom. The Morgan fingerprint density at radius 3 is 2.06 bits per heavy atom. The topological polar surface area (TPSA) is 43.4 Å². The zero-order valence-corrected chi connectivity index (χ0v) is 11.4. The Labute approximate surface area is 108 Å². The Bertz CT molecular complexity index is 416. The van der Waals surface area contributed by atoms with E-state index in [0.717, 1.165) is 0 Å². The molecule has 0 radical (unpaired) electrons. The molecule has 0 saturated carbocycles. The third-order valence-corrected chi connectivity index (χ3v) is 2.74. The fourth-order valence-electron chi connectivity index (χ4n) is 1.43. The van der Waals surface area contributed by atoms with Crippen molar-refractivity contribution in [2.75, 3.05) is 0 Å². The molecule has 1 rings (SSSR count). The van der Waals surface area contributed by atoms with E-state index < -0.39 is 5.97 Å². The van der Waals surface area contributed by atoms with Crippen molar-refractivity contribution in [3.05, 3.63) is 29.8 Å². The third kappa shape index (κ3) is 4.32. The summed E-state index contributed by atoms with van der Waals surface area (Å²) < 4.78 is 5.11. The molecule has 0 unspecified atom stereocenters. The maximum atomic E-state index is 11.5. The van der Waals surface area contributed by atoms with Gasteiger partial charge in [0.1, 0.15) is 18.0 Å². The molecular weight excluding hydrogens is 228 g/mol. The minimum absolute atomic E-state index is 0.0983. The summed E-state index contributed by atoms with van der Waals surface area (Å²) in [6, 6.07) is 7.37. The molecular formula is C15H20O3. The number of Topliss-reactive ketones (excluding diaryl/α,β-unsaturated/α-hetero) is 1. The summed E-state index contributed by atoms with van der Waals surface area (Å²) in [5.74, 6) is 0.198. The standard InChI is InChI=1S/C15H20O3/c1-10(2)12-5-7-13(8-6-12)18-15(17)9-14(16)11(3)4/h5-8,10-11H,9H2,1-4H3. The number of carbonyl (C=O) groups excluding carboxylic acids is 2. The molecule has 0 bridgehead atoms. The Morgan fingerprint density at radius 2 is 1.61 bits per heavy atom. The van der Waals surface area contributed by atoms with E-state index >= 15 is 0 Å². The number of hydrogen-bond acceptors (Lipinski definition) is 3. The molecule has 0 N–H and O–H groups in total. The van der Waals surface area contributed by atoms with Crippen LogP contribution in [0.3, 0.4) is 0 Å². The maximum Gasteiger partial charge on any atom is 0.318 e. The highest BCUT2D eigenvalue weighted by molar-refractivity contribution is 5.97. The molecule has 0 saturated heterocycles. The van der Waals surface area contributed by atoms with Crippen molar-refractivity contribution in [2.24, 2.45) is 5.92 Å². The first kappa shape index (κ1) is 14.4. The molecule has 1 aromatic carbocycles. The lowest BCUT2D eigenvalue weighted by atomic mass is 10.0. The van der Waals surface area contributed by atoms with Gasteiger partial charge in [-0.1, -0.05) is 39.8 Å². The number of ketones is 1. The van der Waals surface area contributed by atoms with Gasteiger partial charge in [0.05, 0.1) is 0 Å². The lowest BCUT2D eigenvalue weighted by Crippen LogP contribution is -2.17. The molecule has 0 fully saturated rings. The molecule has 3 heteroatoms. The van der Waals surface area contributed by atoms with Gasteiger partial charge in [0.25, 0.3) is 0 Å². The van der Waals surface area contributed by atoms with Crippen LogP contribution in [0.15, 0.2) is 24.3 Å². The van der Waals surface area contributed by atoms with Crippen molar-refractivity contribution in [1.29, 1.82) is 0 Å². The van der Waals surface area contributed by atoms with Gasteiger partial charge in [0, 0.05) is 5.92 Å². The van der Waals surface area contributed by atoms with Crippen molar-refractivity contribution in [2.45, 2.75) is 40.0 Å². The zero-order valence-electron chi connectivity index (χ0n) is 11.4. The zero-order chi connectivity index (χ0) is 13.7. The summed E-state index contributed by atoms with van der Waals surface area (Å²) in [5.41, 5.74) is 1.19. The van der Waals surface area contributed by atoms with Crippen molar-refractivity contribution < 1.29 is 14.3 Å². The summed E-state index contributed by atoms with van der Waals surface area (Å²) in [7, 11) is 0. The fourth-order valence-corrected chi connectivity index (χ4v) is 1.43. The van der Waals surface area contributed by atoms with Gasteiger partial charge < -0.3 is 4.74 Å². The van der Waals surface area contributed by atoms with Crippen molar-refractivity contribution in [3.63, 3.8) is 0 Å². The van der Waals surface area contributed by atoms with Crippen LogP contribution in [0.2, 0.25) is 0 Å². The summed E-state index contributed by atoms with van der Waals surface area (Å²) in [6.07, 6.45) is -0.163. The van der Waals surface area contributed by atoms with Crippen LogP contribution in [0.5, 0.6) is 5.75 Å². The van der Waals surface area contributed by atoms with Crippen molar-refractivity contribution in [3.8, 4) is 5.75 Å². The highest BCUT2D eigenvalue weighted by atomic mass is 16.5. The van der Waals surface area contributed by atoms with Gasteiger partial charge in [-0.3, -0.25) is 9.59 Å². The summed E-state index contributed by atoms with van der Waals surface area (Å²) in [5, 5.41) is 0. The number of ether oxygens (including phenoxy) is 1. The van der Waals surface area contributed by atoms with E-state index in [1.54, 1.807) is 26.0 Å². The van der Waals surface area contributed by atoms with Crippen LogP contribution < -0.4 is 4.74 Å². The molecule has 1 aromatic rings. The number of rotatable bonds is 5. The molecule has 3 nitrogen and oxygen atoms in total. The molecule has 0 aromatic heterocycles. The van der Waals surface area contributed by atoms with Gasteiger partial charge in [0.15, 0.2) is 0 Å². The summed E-state index contributed by atoms with van der Waals surface area (Å²) >= 11 is 0. The minimum Gasteiger partial charge on any atom is -0.426 e. The van der Waals surface area contributed by atoms with Crippen LogP contribution in [-0.4, -0.2) is 11.8 Å². The molecule has 0 aliphatic heterocycles. The lowest BCUT2D eigenvalue weighted by Gasteiger charge is -2.08. The van der Waals surface area contributed by atoms with Crippen LogP contribution in [-0.2, 0) is 9.59 Å². The Kier molecular flexibility index (Phi) is 5.08. The van der Waals surface area contributed by atoms with E-state index in [1.807, 2.05) is 12.1 Å². The summed E-state index contributed by atoms with van der Waals surface area (Å²) in [4.78, 5) is 22.9. The van der Waals surface area contributed by atoms with Gasteiger partial charge in [0.2, 0.25) is 0 Å². The molecule has 0 heterocycles. The smallest absolute Gasteiger partial charge is 0.318 e. The fraction of sp³-hybridized carbons (Fsp3) is 0.467. The number of benzene rings is 1. The van der Waals surface area contributed by atoms with Gasteiger partial charge >= 0.3 is 5.97 Å². The van der Waals surface area contributed by atoms with Crippen LogP contribution >= 0.6 is 0 Å². The largest absolute Gasteiger partial charge is 0.426 e. The molecule has 0 amide bonds. The predicted molar refractivity (Wildman–Crippen MR) is 70.6 cm³/mol. The van der Waals surface area contributed by atoms with Crippen LogP contribution in [0, 0.1) is 5.92 Å². The van der Waals surface area contributed by atoms with Crippen molar-refractivity contribution in [1.82, 2.24) is 0 Å². The maximum absolute atomic E-state index is 11.5. The van der Waals surface area contributed by atoms with Gasteiger partial charge in [-0.15, -0.1) is 0 Å². The number of hydrogen-bond donors (Lipinski definition) is 0. The van der Waals surface area contributed by atoms with Gasteiger partial charge in [-0.25, -0.2) is 0 Å². The normalized spacial score (nSPS) is 10.8. The van der Waals surface area contributed by atoms with Crippen LogP contribution in [0.4, 0.5) is 0 Å². The number of esters is 1. The molecule has 0 atom stereocenters. The first-order chi connectivity index (χ1) is 8.40. The second-order valence-electron chi connectivity index (χ2n) is 5.00. The van der Waals surface area contributed by atoms with E-state index in [4.69, 9.17) is 4.74 Å². The quantitative estimate of drug-likeness (QED) is 0.456. The SMILES string of the molecule is CC(C)C(=O)CC(=O)Oc1ccc(C(C)C)cc1. The second kappa shape index (κ2) is 6.34. The van der Waals surface area contributed by atoms with Gasteiger partial charge in [-0.2, -0.15) is 0 Å². The molecule has 18 heavy (non-hydrogen) atoms. The Hall–Kier alpha value is -1.64. The highest BCUT2D eigenvalue weighted by Gasteiger charge is 2.14. The number of carbonyl (C=O) groups is 2. The molecule has 0 aliphatic carbocycles. The molecule has 0 spiro atoms. The monoisotopic (exact) mass is 248 g/mol. The van der Waals surface area contributed by atoms with E-state index in [9.17, 15) is 9.59 Å². The van der Waals surface area contributed by atoms with Crippen LogP contribution in [0.1, 0.15) is 45.6 Å². The van der Waals surface area contributed by atoms with E-state index in [1.165, 1.54) is 5.56 Å². The third-order valence-electron chi connectivity index (χ3n) is 2.74. The first-order valence-corrected chi connectivity index (χ1v) is 6.23. The average molecular weight is 248 g/mol. The van der Waals surface area contributed by atoms with Gasteiger partial charge in [-0.05, 0) is 23.6 Å². The lowest BCUT2D eigenvalue weighted by molar-refractivity contribution is -0.138. The first-order valence-electron chi connectivity index (χ1n) is 6.23. The van der Waals surface area contributed by atoms with Crippen molar-refractivity contribution >= 4 is 11.8 Å². The van der Waals surface area contributed by atoms with E-state index in [0.29, 0.717) is 11.7 Å². The highest BCUT2D eigenvalue weighted by Crippen LogP contribution is 2.19.